The normalized spacial score (nSPS) is 15.4. The van der Waals surface area contributed by atoms with Crippen molar-refractivity contribution < 1.29 is 13.9 Å². The van der Waals surface area contributed by atoms with E-state index in [9.17, 15) is 4.39 Å². The second kappa shape index (κ2) is 11.0. The number of ether oxygens (including phenoxy) is 2. The zero-order chi connectivity index (χ0) is 17.0. The van der Waals surface area contributed by atoms with Crippen LogP contribution in [-0.2, 0) is 4.74 Å². The van der Waals surface area contributed by atoms with Crippen LogP contribution in [0.15, 0.2) is 24.3 Å². The van der Waals surface area contributed by atoms with Gasteiger partial charge in [-0.3, -0.25) is 4.90 Å². The Kier molecular flexibility index (Phi) is 8.53. The SMILES string of the molecule is N#CCCN(CCCOc1ccc(F)cc1)CCN1CCOCC1. The molecule has 1 aromatic rings. The van der Waals surface area contributed by atoms with E-state index in [0.29, 0.717) is 18.8 Å². The fraction of sp³-hybridized carbons (Fsp3) is 0.611. The van der Waals surface area contributed by atoms with Crippen LogP contribution in [0.5, 0.6) is 5.75 Å². The van der Waals surface area contributed by atoms with Crippen molar-refractivity contribution in [2.75, 3.05) is 59.1 Å². The molecule has 1 aromatic carbocycles. The van der Waals surface area contributed by atoms with Crippen molar-refractivity contribution in [3.05, 3.63) is 30.1 Å². The average Bonchev–Trinajstić information content (AvgIpc) is 2.62. The van der Waals surface area contributed by atoms with Gasteiger partial charge in [0.15, 0.2) is 0 Å². The van der Waals surface area contributed by atoms with Crippen LogP contribution >= 0.6 is 0 Å². The first-order chi connectivity index (χ1) is 11.8. The van der Waals surface area contributed by atoms with E-state index in [1.54, 1.807) is 12.1 Å². The Morgan fingerprint density at radius 1 is 1.17 bits per heavy atom. The molecule has 1 aliphatic heterocycles. The summed E-state index contributed by atoms with van der Waals surface area (Å²) < 4.78 is 23.8. The lowest BCUT2D eigenvalue weighted by molar-refractivity contribution is 0.0332. The average molecular weight is 335 g/mol. The molecular formula is C18H26FN3O2. The lowest BCUT2D eigenvalue weighted by atomic mass is 10.3. The molecule has 1 fully saturated rings. The minimum absolute atomic E-state index is 0.256. The molecule has 1 heterocycles. The van der Waals surface area contributed by atoms with Crippen LogP contribution in [0, 0.1) is 17.1 Å². The molecular weight excluding hydrogens is 309 g/mol. The number of morpholine rings is 1. The monoisotopic (exact) mass is 335 g/mol. The summed E-state index contributed by atoms with van der Waals surface area (Å²) in [6.45, 7) is 7.83. The summed E-state index contributed by atoms with van der Waals surface area (Å²) in [5.41, 5.74) is 0. The van der Waals surface area contributed by atoms with Gasteiger partial charge < -0.3 is 14.4 Å². The fourth-order valence-electron chi connectivity index (χ4n) is 2.66. The predicted molar refractivity (Wildman–Crippen MR) is 90.4 cm³/mol. The molecule has 1 aliphatic rings. The molecule has 0 aromatic heterocycles. The summed E-state index contributed by atoms with van der Waals surface area (Å²) in [5.74, 6) is 0.432. The van der Waals surface area contributed by atoms with Crippen molar-refractivity contribution in [2.24, 2.45) is 0 Å². The van der Waals surface area contributed by atoms with E-state index in [1.165, 1.54) is 12.1 Å². The molecule has 0 bridgehead atoms. The highest BCUT2D eigenvalue weighted by atomic mass is 19.1. The molecule has 5 nitrogen and oxygen atoms in total. The van der Waals surface area contributed by atoms with E-state index in [2.05, 4.69) is 15.9 Å². The minimum atomic E-state index is -0.256. The fourth-order valence-corrected chi connectivity index (χ4v) is 2.66. The quantitative estimate of drug-likeness (QED) is 0.613. The Balaban J connectivity index is 1.65. The Morgan fingerprint density at radius 3 is 2.62 bits per heavy atom. The summed E-state index contributed by atoms with van der Waals surface area (Å²) >= 11 is 0. The number of halogens is 1. The zero-order valence-corrected chi connectivity index (χ0v) is 14.1. The van der Waals surface area contributed by atoms with Gasteiger partial charge in [0.2, 0.25) is 0 Å². The molecule has 0 spiro atoms. The maximum Gasteiger partial charge on any atom is 0.123 e. The highest BCUT2D eigenvalue weighted by Gasteiger charge is 2.12. The van der Waals surface area contributed by atoms with Gasteiger partial charge in [-0.05, 0) is 30.7 Å². The predicted octanol–water partition coefficient (Wildman–Crippen LogP) is 2.14. The van der Waals surface area contributed by atoms with E-state index < -0.39 is 0 Å². The van der Waals surface area contributed by atoms with Gasteiger partial charge in [-0.25, -0.2) is 4.39 Å². The van der Waals surface area contributed by atoms with Crippen LogP contribution in [-0.4, -0.2) is 68.9 Å². The van der Waals surface area contributed by atoms with Crippen LogP contribution in [0.25, 0.3) is 0 Å². The van der Waals surface area contributed by atoms with Crippen LogP contribution in [0.3, 0.4) is 0 Å². The van der Waals surface area contributed by atoms with Gasteiger partial charge >= 0.3 is 0 Å². The van der Waals surface area contributed by atoms with E-state index in [-0.39, 0.29) is 5.82 Å². The third kappa shape index (κ3) is 7.26. The Hall–Kier alpha value is -1.68. The first-order valence-electron chi connectivity index (χ1n) is 8.56. The molecule has 0 unspecified atom stereocenters. The zero-order valence-electron chi connectivity index (χ0n) is 14.1. The third-order valence-electron chi connectivity index (χ3n) is 4.08. The molecule has 1 saturated heterocycles. The molecule has 6 heteroatoms. The maximum absolute atomic E-state index is 12.8. The smallest absolute Gasteiger partial charge is 0.123 e. The summed E-state index contributed by atoms with van der Waals surface area (Å²) in [6, 6.07) is 8.30. The van der Waals surface area contributed by atoms with Crippen LogP contribution in [0.4, 0.5) is 4.39 Å². The Bertz CT molecular complexity index is 498. The van der Waals surface area contributed by atoms with Crippen LogP contribution < -0.4 is 4.74 Å². The number of nitriles is 1. The lowest BCUT2D eigenvalue weighted by Gasteiger charge is -2.29. The van der Waals surface area contributed by atoms with Gasteiger partial charge in [-0.2, -0.15) is 5.26 Å². The molecule has 0 N–H and O–H groups in total. The van der Waals surface area contributed by atoms with Gasteiger partial charge in [-0.15, -0.1) is 0 Å². The standard InChI is InChI=1S/C18H26FN3O2/c19-17-3-5-18(6-4-17)24-14-2-9-21(8-1-7-20)10-11-22-12-15-23-16-13-22/h3-6H,1-2,8-16H2. The molecule has 2 rings (SSSR count). The highest BCUT2D eigenvalue weighted by Crippen LogP contribution is 2.11. The van der Waals surface area contributed by atoms with E-state index >= 15 is 0 Å². The summed E-state index contributed by atoms with van der Waals surface area (Å²) in [7, 11) is 0. The Morgan fingerprint density at radius 2 is 1.92 bits per heavy atom. The molecule has 0 atom stereocenters. The summed E-state index contributed by atoms with van der Waals surface area (Å²) in [4.78, 5) is 4.71. The molecule has 0 saturated carbocycles. The Labute approximate surface area is 143 Å². The number of benzene rings is 1. The van der Waals surface area contributed by atoms with Crippen molar-refractivity contribution >= 4 is 0 Å². The summed E-state index contributed by atoms with van der Waals surface area (Å²) in [6.07, 6.45) is 1.42. The van der Waals surface area contributed by atoms with Gasteiger partial charge in [0.1, 0.15) is 11.6 Å². The van der Waals surface area contributed by atoms with Crippen LogP contribution in [0.1, 0.15) is 12.8 Å². The second-order valence-corrected chi connectivity index (χ2v) is 5.86. The minimum Gasteiger partial charge on any atom is -0.494 e. The lowest BCUT2D eigenvalue weighted by Crippen LogP contribution is -2.42. The van der Waals surface area contributed by atoms with Gasteiger partial charge in [0.25, 0.3) is 0 Å². The van der Waals surface area contributed by atoms with Crippen molar-refractivity contribution in [1.29, 1.82) is 5.26 Å². The first-order valence-corrected chi connectivity index (χ1v) is 8.56. The van der Waals surface area contributed by atoms with Gasteiger partial charge in [0, 0.05) is 45.7 Å². The summed E-state index contributed by atoms with van der Waals surface area (Å²) in [5, 5.41) is 8.82. The van der Waals surface area contributed by atoms with E-state index in [4.69, 9.17) is 14.7 Å². The second-order valence-electron chi connectivity index (χ2n) is 5.86. The molecule has 132 valence electrons. The van der Waals surface area contributed by atoms with Crippen molar-refractivity contribution in [2.45, 2.75) is 12.8 Å². The van der Waals surface area contributed by atoms with E-state index in [0.717, 1.165) is 58.9 Å². The van der Waals surface area contributed by atoms with Gasteiger partial charge in [-0.1, -0.05) is 0 Å². The number of nitrogens with zero attached hydrogens (tertiary/aromatic N) is 3. The van der Waals surface area contributed by atoms with Crippen LogP contribution in [0.2, 0.25) is 0 Å². The van der Waals surface area contributed by atoms with Crippen molar-refractivity contribution in [3.63, 3.8) is 0 Å². The number of rotatable bonds is 10. The largest absolute Gasteiger partial charge is 0.494 e. The van der Waals surface area contributed by atoms with Crippen molar-refractivity contribution in [1.82, 2.24) is 9.80 Å². The van der Waals surface area contributed by atoms with Gasteiger partial charge in [0.05, 0.1) is 25.9 Å². The molecule has 24 heavy (non-hydrogen) atoms. The molecule has 0 amide bonds. The van der Waals surface area contributed by atoms with E-state index in [1.807, 2.05) is 0 Å². The first kappa shape index (κ1) is 18.7. The number of hydrogen-bond donors (Lipinski definition) is 0. The van der Waals surface area contributed by atoms with Crippen molar-refractivity contribution in [3.8, 4) is 11.8 Å². The molecule has 0 aliphatic carbocycles. The maximum atomic E-state index is 12.8. The highest BCUT2D eigenvalue weighted by molar-refractivity contribution is 5.21. The topological polar surface area (TPSA) is 48.7 Å². The number of hydrogen-bond acceptors (Lipinski definition) is 5. The third-order valence-corrected chi connectivity index (χ3v) is 4.08. The molecule has 0 radical (unpaired) electrons.